The molecule has 0 saturated carbocycles. The number of hydrogen-bond acceptors (Lipinski definition) is 3. The topological polar surface area (TPSA) is 104 Å². The molecule has 80 valence electrons. The van der Waals surface area contributed by atoms with Crippen LogP contribution in [0.3, 0.4) is 0 Å². The van der Waals surface area contributed by atoms with Crippen molar-refractivity contribution >= 4 is 18.0 Å². The summed E-state index contributed by atoms with van der Waals surface area (Å²) < 4.78 is 0. The molecule has 0 aliphatic rings. The van der Waals surface area contributed by atoms with Gasteiger partial charge in [0.05, 0.1) is 5.56 Å². The summed E-state index contributed by atoms with van der Waals surface area (Å²) in [6.07, 6.45) is 1.30. The molecule has 0 spiro atoms. The Kier molecular flexibility index (Phi) is 3.41. The van der Waals surface area contributed by atoms with Crippen molar-refractivity contribution in [3.05, 3.63) is 41.0 Å². The van der Waals surface area contributed by atoms with E-state index in [2.05, 4.69) is 0 Å². The summed E-state index contributed by atoms with van der Waals surface area (Å²) in [5.74, 6) is -1.85. The van der Waals surface area contributed by atoms with Crippen LogP contribution >= 0.6 is 0 Å². The van der Waals surface area contributed by atoms with Gasteiger partial charge in [-0.25, -0.2) is 4.79 Å². The number of nitriles is 1. The molecule has 1 aromatic carbocycles. The molecular weight excluding hydrogens is 208 g/mol. The summed E-state index contributed by atoms with van der Waals surface area (Å²) in [6, 6.07) is 7.40. The minimum absolute atomic E-state index is 0.134. The minimum Gasteiger partial charge on any atom is -0.478 e. The molecule has 5 nitrogen and oxygen atoms in total. The zero-order chi connectivity index (χ0) is 12.1. The summed E-state index contributed by atoms with van der Waals surface area (Å²) in [5.41, 5.74) is 5.45. The molecule has 0 fully saturated rings. The average molecular weight is 216 g/mol. The summed E-state index contributed by atoms with van der Waals surface area (Å²) >= 11 is 0. The first-order chi connectivity index (χ1) is 7.54. The molecule has 0 bridgehead atoms. The van der Waals surface area contributed by atoms with Crippen molar-refractivity contribution < 1.29 is 14.7 Å². The van der Waals surface area contributed by atoms with Crippen LogP contribution in [-0.4, -0.2) is 17.0 Å². The highest BCUT2D eigenvalue weighted by Crippen LogP contribution is 2.08. The van der Waals surface area contributed by atoms with Gasteiger partial charge in [0.2, 0.25) is 0 Å². The van der Waals surface area contributed by atoms with E-state index >= 15 is 0 Å². The fraction of sp³-hybridized carbons (Fsp3) is 0. The van der Waals surface area contributed by atoms with Crippen molar-refractivity contribution in [2.75, 3.05) is 0 Å². The van der Waals surface area contributed by atoms with Crippen molar-refractivity contribution in [3.8, 4) is 6.07 Å². The molecule has 16 heavy (non-hydrogen) atoms. The molecule has 0 unspecified atom stereocenters. The Balaban J connectivity index is 3.04. The van der Waals surface area contributed by atoms with Gasteiger partial charge in [-0.05, 0) is 23.8 Å². The van der Waals surface area contributed by atoms with E-state index in [-0.39, 0.29) is 11.1 Å². The molecule has 0 radical (unpaired) electrons. The van der Waals surface area contributed by atoms with Gasteiger partial charge in [0.15, 0.2) is 0 Å². The Morgan fingerprint density at radius 1 is 1.31 bits per heavy atom. The maximum absolute atomic E-state index is 10.7. The van der Waals surface area contributed by atoms with Gasteiger partial charge >= 0.3 is 5.97 Å². The van der Waals surface area contributed by atoms with E-state index in [9.17, 15) is 9.59 Å². The van der Waals surface area contributed by atoms with Gasteiger partial charge in [-0.15, -0.1) is 0 Å². The van der Waals surface area contributed by atoms with Crippen molar-refractivity contribution in [1.29, 1.82) is 5.26 Å². The van der Waals surface area contributed by atoms with Crippen molar-refractivity contribution in [1.82, 2.24) is 0 Å². The second-order valence-electron chi connectivity index (χ2n) is 2.96. The second-order valence-corrected chi connectivity index (χ2v) is 2.96. The number of nitrogens with zero attached hydrogens (tertiary/aromatic N) is 1. The molecule has 5 heteroatoms. The Morgan fingerprint density at radius 2 is 1.88 bits per heavy atom. The molecule has 1 rings (SSSR count). The molecule has 1 amide bonds. The quantitative estimate of drug-likeness (QED) is 0.575. The third-order valence-corrected chi connectivity index (χ3v) is 1.85. The largest absolute Gasteiger partial charge is 0.478 e. The first-order valence-electron chi connectivity index (χ1n) is 4.29. The van der Waals surface area contributed by atoms with Gasteiger partial charge in [0, 0.05) is 0 Å². The molecule has 0 atom stereocenters. The number of carboxylic acid groups (broad SMARTS) is 1. The second kappa shape index (κ2) is 4.75. The molecule has 1 aromatic rings. The van der Waals surface area contributed by atoms with E-state index in [4.69, 9.17) is 16.1 Å². The summed E-state index contributed by atoms with van der Waals surface area (Å²) in [5, 5.41) is 17.2. The van der Waals surface area contributed by atoms with Gasteiger partial charge < -0.3 is 10.8 Å². The lowest BCUT2D eigenvalue weighted by atomic mass is 10.1. The lowest BCUT2D eigenvalue weighted by molar-refractivity contribution is -0.114. The highest BCUT2D eigenvalue weighted by Gasteiger charge is 2.04. The first-order valence-corrected chi connectivity index (χ1v) is 4.29. The first kappa shape index (κ1) is 11.5. The average Bonchev–Trinajstić information content (AvgIpc) is 2.26. The summed E-state index contributed by atoms with van der Waals surface area (Å²) in [7, 11) is 0. The lowest BCUT2D eigenvalue weighted by Gasteiger charge is -1.96. The number of benzene rings is 1. The molecule has 0 aromatic heterocycles. The third kappa shape index (κ3) is 2.69. The van der Waals surface area contributed by atoms with Gasteiger partial charge in [-0.1, -0.05) is 12.1 Å². The van der Waals surface area contributed by atoms with Crippen LogP contribution in [0.2, 0.25) is 0 Å². The van der Waals surface area contributed by atoms with Crippen LogP contribution in [0.25, 0.3) is 6.08 Å². The minimum atomic E-state index is -1.04. The fourth-order valence-electron chi connectivity index (χ4n) is 1.05. The van der Waals surface area contributed by atoms with Crippen molar-refractivity contribution in [3.63, 3.8) is 0 Å². The van der Waals surface area contributed by atoms with E-state index in [1.807, 2.05) is 0 Å². The SMILES string of the molecule is N#C/C(=C/c1ccc(C(=O)O)cc1)C(N)=O. The summed E-state index contributed by atoms with van der Waals surface area (Å²) in [6.45, 7) is 0. The van der Waals surface area contributed by atoms with Gasteiger partial charge in [-0.3, -0.25) is 4.79 Å². The zero-order valence-electron chi connectivity index (χ0n) is 8.18. The number of carbonyl (C=O) groups is 2. The Hall–Kier alpha value is -2.61. The number of carboxylic acids is 1. The monoisotopic (exact) mass is 216 g/mol. The Morgan fingerprint density at radius 3 is 2.25 bits per heavy atom. The van der Waals surface area contributed by atoms with Gasteiger partial charge in [0.1, 0.15) is 11.6 Å². The van der Waals surface area contributed by atoms with Gasteiger partial charge in [0.25, 0.3) is 5.91 Å². The number of primary amides is 1. The lowest BCUT2D eigenvalue weighted by Crippen LogP contribution is -2.12. The molecule has 0 aliphatic carbocycles. The Labute approximate surface area is 91.4 Å². The van der Waals surface area contributed by atoms with Crippen molar-refractivity contribution in [2.24, 2.45) is 5.73 Å². The predicted molar refractivity (Wildman–Crippen MR) is 56.2 cm³/mol. The molecule has 3 N–H and O–H groups in total. The fourth-order valence-corrected chi connectivity index (χ4v) is 1.05. The molecule has 0 heterocycles. The standard InChI is InChI=1S/C11H8N2O3/c12-6-9(10(13)14)5-7-1-3-8(4-2-7)11(15)16/h1-5H,(H2,13,14)(H,15,16)/b9-5-. The predicted octanol–water partition coefficient (Wildman–Crippen LogP) is 0.777. The van der Waals surface area contributed by atoms with Crippen LogP contribution in [0.1, 0.15) is 15.9 Å². The number of nitrogens with two attached hydrogens (primary N) is 1. The van der Waals surface area contributed by atoms with Crippen LogP contribution in [0.5, 0.6) is 0 Å². The van der Waals surface area contributed by atoms with E-state index in [1.54, 1.807) is 6.07 Å². The smallest absolute Gasteiger partial charge is 0.335 e. The van der Waals surface area contributed by atoms with Crippen LogP contribution in [-0.2, 0) is 4.79 Å². The van der Waals surface area contributed by atoms with Crippen LogP contribution in [0.15, 0.2) is 29.8 Å². The highest BCUT2D eigenvalue weighted by molar-refractivity contribution is 6.00. The maximum Gasteiger partial charge on any atom is 0.335 e. The van der Waals surface area contributed by atoms with Crippen molar-refractivity contribution in [2.45, 2.75) is 0 Å². The number of hydrogen-bond donors (Lipinski definition) is 2. The molecular formula is C11H8N2O3. The van der Waals surface area contributed by atoms with E-state index in [0.717, 1.165) is 0 Å². The van der Waals surface area contributed by atoms with E-state index in [0.29, 0.717) is 5.56 Å². The normalized spacial score (nSPS) is 10.6. The zero-order valence-corrected chi connectivity index (χ0v) is 8.18. The van der Waals surface area contributed by atoms with E-state index in [1.165, 1.54) is 30.3 Å². The van der Waals surface area contributed by atoms with Gasteiger partial charge in [-0.2, -0.15) is 5.26 Å². The Bertz CT molecular complexity index is 495. The van der Waals surface area contributed by atoms with Crippen LogP contribution in [0.4, 0.5) is 0 Å². The number of carbonyl (C=O) groups excluding carboxylic acids is 1. The third-order valence-electron chi connectivity index (χ3n) is 1.85. The number of aromatic carboxylic acids is 1. The molecule has 0 aliphatic heterocycles. The van der Waals surface area contributed by atoms with E-state index < -0.39 is 11.9 Å². The highest BCUT2D eigenvalue weighted by atomic mass is 16.4. The number of rotatable bonds is 3. The van der Waals surface area contributed by atoms with Crippen LogP contribution < -0.4 is 5.73 Å². The maximum atomic E-state index is 10.7. The molecule has 0 saturated heterocycles. The number of amides is 1. The van der Waals surface area contributed by atoms with Crippen LogP contribution in [0, 0.1) is 11.3 Å². The summed E-state index contributed by atoms with van der Waals surface area (Å²) in [4.78, 5) is 21.3.